The van der Waals surface area contributed by atoms with Crippen LogP contribution in [0.2, 0.25) is 5.02 Å². The molecule has 142 valence electrons. The summed E-state index contributed by atoms with van der Waals surface area (Å²) >= 11 is 6.04. The Morgan fingerprint density at radius 2 is 2.26 bits per heavy atom. The normalized spacial score (nSPS) is 23.1. The van der Waals surface area contributed by atoms with Gasteiger partial charge in [-0.05, 0) is 25.3 Å². The SMILES string of the molecule is O=C(O)[C@@H]1CCC[C@H](NC2=C(F)CN=C(c3c[nH]c4ncc(Cl)cc34)N2)C1. The van der Waals surface area contributed by atoms with Gasteiger partial charge in [0.15, 0.2) is 5.83 Å². The molecule has 2 atom stereocenters. The Bertz CT molecular complexity index is 954. The highest BCUT2D eigenvalue weighted by Gasteiger charge is 2.29. The van der Waals surface area contributed by atoms with Crippen LogP contribution in [0.15, 0.2) is 35.1 Å². The summed E-state index contributed by atoms with van der Waals surface area (Å²) < 4.78 is 14.3. The number of carbonyl (C=O) groups is 1. The van der Waals surface area contributed by atoms with Crippen molar-refractivity contribution in [3.63, 3.8) is 0 Å². The molecule has 2 aliphatic rings. The first kappa shape index (κ1) is 17.8. The fourth-order valence-corrected chi connectivity index (χ4v) is 3.80. The Balaban J connectivity index is 1.52. The lowest BCUT2D eigenvalue weighted by atomic mass is 9.86. The second kappa shape index (κ2) is 7.19. The molecule has 2 aromatic heterocycles. The molecule has 0 unspecified atom stereocenters. The van der Waals surface area contributed by atoms with Crippen molar-refractivity contribution in [1.82, 2.24) is 20.6 Å². The van der Waals surface area contributed by atoms with E-state index in [4.69, 9.17) is 11.6 Å². The molecule has 7 nitrogen and oxygen atoms in total. The van der Waals surface area contributed by atoms with E-state index in [1.807, 2.05) is 0 Å². The van der Waals surface area contributed by atoms with Gasteiger partial charge >= 0.3 is 5.97 Å². The Labute approximate surface area is 159 Å². The maximum absolute atomic E-state index is 14.3. The van der Waals surface area contributed by atoms with Crippen LogP contribution in [0, 0.1) is 5.92 Å². The van der Waals surface area contributed by atoms with Crippen LogP contribution in [0.4, 0.5) is 4.39 Å². The number of amidine groups is 1. The molecule has 0 bridgehead atoms. The van der Waals surface area contributed by atoms with Crippen LogP contribution < -0.4 is 10.6 Å². The number of aliphatic imine (C=N–C) groups is 1. The van der Waals surface area contributed by atoms with E-state index in [2.05, 4.69) is 25.6 Å². The van der Waals surface area contributed by atoms with Crippen molar-refractivity contribution in [2.75, 3.05) is 6.54 Å². The van der Waals surface area contributed by atoms with Crippen LogP contribution in [-0.2, 0) is 4.79 Å². The molecule has 2 aromatic rings. The lowest BCUT2D eigenvalue weighted by Gasteiger charge is -2.30. The topological polar surface area (TPSA) is 102 Å². The van der Waals surface area contributed by atoms with Crippen molar-refractivity contribution in [1.29, 1.82) is 0 Å². The third kappa shape index (κ3) is 3.62. The summed E-state index contributed by atoms with van der Waals surface area (Å²) in [6.07, 6.45) is 6.06. The number of halogens is 2. The number of rotatable bonds is 4. The van der Waals surface area contributed by atoms with Gasteiger partial charge in [-0.2, -0.15) is 0 Å². The lowest BCUT2D eigenvalue weighted by Crippen LogP contribution is -2.43. The van der Waals surface area contributed by atoms with Crippen molar-refractivity contribution in [3.05, 3.63) is 40.7 Å². The smallest absolute Gasteiger partial charge is 0.306 e. The summed E-state index contributed by atoms with van der Waals surface area (Å²) in [5.41, 5.74) is 1.42. The second-order valence-corrected chi connectivity index (χ2v) is 7.30. The summed E-state index contributed by atoms with van der Waals surface area (Å²) in [5.74, 6) is -0.816. The Kier molecular flexibility index (Phi) is 4.73. The van der Waals surface area contributed by atoms with Gasteiger partial charge in [-0.1, -0.05) is 18.0 Å². The Morgan fingerprint density at radius 1 is 1.41 bits per heavy atom. The number of pyridine rings is 1. The van der Waals surface area contributed by atoms with Gasteiger partial charge < -0.3 is 20.7 Å². The van der Waals surface area contributed by atoms with Crippen molar-refractivity contribution in [3.8, 4) is 0 Å². The van der Waals surface area contributed by atoms with Crippen LogP contribution in [0.25, 0.3) is 11.0 Å². The molecule has 1 aliphatic heterocycles. The van der Waals surface area contributed by atoms with E-state index in [-0.39, 0.29) is 18.4 Å². The van der Waals surface area contributed by atoms with Crippen molar-refractivity contribution < 1.29 is 14.3 Å². The summed E-state index contributed by atoms with van der Waals surface area (Å²) in [7, 11) is 0. The summed E-state index contributed by atoms with van der Waals surface area (Å²) in [4.78, 5) is 22.8. The van der Waals surface area contributed by atoms with Gasteiger partial charge in [-0.25, -0.2) is 9.37 Å². The highest BCUT2D eigenvalue weighted by Crippen LogP contribution is 2.26. The minimum atomic E-state index is -0.794. The summed E-state index contributed by atoms with van der Waals surface area (Å²) in [6.45, 7) is -0.0829. The molecule has 1 saturated carbocycles. The van der Waals surface area contributed by atoms with Crippen LogP contribution in [-0.4, -0.2) is 39.5 Å². The number of aromatic amines is 1. The molecule has 4 N–H and O–H groups in total. The largest absolute Gasteiger partial charge is 0.481 e. The number of hydrogen-bond donors (Lipinski definition) is 4. The molecule has 0 radical (unpaired) electrons. The van der Waals surface area contributed by atoms with E-state index >= 15 is 0 Å². The molecule has 0 amide bonds. The first-order valence-electron chi connectivity index (χ1n) is 8.83. The maximum atomic E-state index is 14.3. The fraction of sp³-hybridized carbons (Fsp3) is 0.389. The van der Waals surface area contributed by atoms with Crippen LogP contribution >= 0.6 is 11.6 Å². The van der Waals surface area contributed by atoms with Gasteiger partial charge in [-0.3, -0.25) is 9.79 Å². The molecule has 0 spiro atoms. The van der Waals surface area contributed by atoms with E-state index in [1.54, 1.807) is 18.5 Å². The van der Waals surface area contributed by atoms with E-state index in [1.165, 1.54) is 0 Å². The quantitative estimate of drug-likeness (QED) is 0.641. The van der Waals surface area contributed by atoms with Crippen molar-refractivity contribution in [2.24, 2.45) is 10.9 Å². The molecule has 3 heterocycles. The summed E-state index contributed by atoms with van der Waals surface area (Å²) in [6, 6.07) is 1.69. The zero-order valence-electron chi connectivity index (χ0n) is 14.4. The molecule has 1 aliphatic carbocycles. The average Bonchev–Trinajstić information content (AvgIpc) is 3.07. The molecular weight excluding hydrogens is 373 g/mol. The highest BCUT2D eigenvalue weighted by atomic mass is 35.5. The zero-order valence-corrected chi connectivity index (χ0v) is 15.2. The lowest BCUT2D eigenvalue weighted by molar-refractivity contribution is -0.143. The number of carboxylic acids is 1. The number of aliphatic carboxylic acids is 1. The van der Waals surface area contributed by atoms with Crippen LogP contribution in [0.3, 0.4) is 0 Å². The molecule has 1 fully saturated rings. The van der Waals surface area contributed by atoms with Crippen LogP contribution in [0.5, 0.6) is 0 Å². The van der Waals surface area contributed by atoms with E-state index in [9.17, 15) is 14.3 Å². The minimum absolute atomic E-state index is 0.0829. The first-order valence-corrected chi connectivity index (χ1v) is 9.21. The van der Waals surface area contributed by atoms with Gasteiger partial charge in [0.1, 0.15) is 17.3 Å². The molecule has 27 heavy (non-hydrogen) atoms. The molecular formula is C18H19ClFN5O2. The van der Waals surface area contributed by atoms with Gasteiger partial charge in [-0.15, -0.1) is 0 Å². The number of carboxylic acid groups (broad SMARTS) is 1. The van der Waals surface area contributed by atoms with E-state index in [0.29, 0.717) is 29.3 Å². The summed E-state index contributed by atoms with van der Waals surface area (Å²) in [5, 5.41) is 16.7. The number of nitrogens with one attached hydrogen (secondary N) is 3. The highest BCUT2D eigenvalue weighted by molar-refractivity contribution is 6.31. The van der Waals surface area contributed by atoms with Gasteiger partial charge in [0, 0.05) is 29.4 Å². The van der Waals surface area contributed by atoms with Crippen molar-refractivity contribution >= 4 is 34.4 Å². The third-order valence-electron chi connectivity index (χ3n) is 5.02. The number of aromatic nitrogens is 2. The third-order valence-corrected chi connectivity index (χ3v) is 5.22. The number of fused-ring (bicyclic) bond motifs is 1. The fourth-order valence-electron chi connectivity index (χ4n) is 3.64. The molecule has 0 aromatic carbocycles. The van der Waals surface area contributed by atoms with Crippen molar-refractivity contribution in [2.45, 2.75) is 31.7 Å². The molecule has 4 rings (SSSR count). The number of H-pyrrole nitrogens is 1. The van der Waals surface area contributed by atoms with Gasteiger partial charge in [0.05, 0.1) is 17.5 Å². The van der Waals surface area contributed by atoms with Gasteiger partial charge in [0.25, 0.3) is 0 Å². The number of hydrogen-bond acceptors (Lipinski definition) is 5. The number of nitrogens with zero attached hydrogens (tertiary/aromatic N) is 2. The maximum Gasteiger partial charge on any atom is 0.306 e. The monoisotopic (exact) mass is 391 g/mol. The van der Waals surface area contributed by atoms with Crippen LogP contribution in [0.1, 0.15) is 31.2 Å². The molecule has 0 saturated heterocycles. The second-order valence-electron chi connectivity index (χ2n) is 6.86. The van der Waals surface area contributed by atoms with E-state index < -0.39 is 17.7 Å². The predicted molar refractivity (Wildman–Crippen MR) is 100 cm³/mol. The Morgan fingerprint density at radius 3 is 3.07 bits per heavy atom. The van der Waals surface area contributed by atoms with Gasteiger partial charge in [0.2, 0.25) is 0 Å². The zero-order chi connectivity index (χ0) is 19.0. The van der Waals surface area contributed by atoms with E-state index in [0.717, 1.165) is 23.8 Å². The predicted octanol–water partition coefficient (Wildman–Crippen LogP) is 2.94. The average molecular weight is 392 g/mol. The minimum Gasteiger partial charge on any atom is -0.481 e. The first-order chi connectivity index (χ1) is 13.0. The Hall–Kier alpha value is -2.61. The molecule has 9 heteroatoms. The standard InChI is InChI=1S/C18H19ClFN5O2/c19-10-5-12-13(7-22-15(12)21-6-10)16-23-8-14(20)17(25-16)24-11-3-1-2-9(4-11)18(26)27/h5-7,9,11,24H,1-4,8H2,(H,21,22)(H,23,25)(H,26,27)/t9-,11+/m1/s1.